The monoisotopic (exact) mass is 455 g/mol. The van der Waals surface area contributed by atoms with Gasteiger partial charge in [0.05, 0.1) is 0 Å². The van der Waals surface area contributed by atoms with Gasteiger partial charge in [-0.3, -0.25) is 9.69 Å². The minimum Gasteiger partial charge on any atom is -0.475 e. The number of fused-ring (bicyclic) bond motifs is 2. The van der Waals surface area contributed by atoms with E-state index in [0.29, 0.717) is 19.1 Å². The van der Waals surface area contributed by atoms with Crippen LogP contribution in [-0.2, 0) is 29.2 Å². The molecule has 174 valence electrons. The summed E-state index contributed by atoms with van der Waals surface area (Å²) >= 11 is 0. The number of carbonyl (C=O) groups is 2. The highest BCUT2D eigenvalue weighted by atomic mass is 19.4. The van der Waals surface area contributed by atoms with Gasteiger partial charge in [-0.1, -0.05) is 6.07 Å². The van der Waals surface area contributed by atoms with Crippen LogP contribution < -0.4 is 14.8 Å². The van der Waals surface area contributed by atoms with Crippen LogP contribution in [0.25, 0.3) is 0 Å². The van der Waals surface area contributed by atoms with Gasteiger partial charge in [0, 0.05) is 51.5 Å². The van der Waals surface area contributed by atoms with E-state index in [4.69, 9.17) is 19.4 Å². The number of nitrogens with zero attached hydrogens (tertiary/aromatic N) is 2. The Kier molecular flexibility index (Phi) is 7.29. The molecule has 1 amide bonds. The topological polar surface area (TPSA) is 93.0 Å². The number of carbonyl (C=O) groups excluding carboxylic acids is 1. The fourth-order valence-corrected chi connectivity index (χ4v) is 3.68. The standard InChI is InChI=1S/C19H23N3O3.C2HF3O2/c1-20-19(23)8-15-10-21(12-16-3-2-6-22(16)11-15)9-14-4-5-17-18(7-14)25-13-24-17;3-2(4,5)1(6)7/h2-7,15H,8-13H2,1H3,(H,20,23);(H,6,7). The Hall–Kier alpha value is -3.21. The van der Waals surface area contributed by atoms with Gasteiger partial charge in [-0.2, -0.15) is 13.2 Å². The van der Waals surface area contributed by atoms with Gasteiger partial charge >= 0.3 is 12.1 Å². The van der Waals surface area contributed by atoms with Crippen molar-refractivity contribution >= 4 is 11.9 Å². The molecule has 1 aromatic heterocycles. The van der Waals surface area contributed by atoms with Crippen molar-refractivity contribution in [3.63, 3.8) is 0 Å². The van der Waals surface area contributed by atoms with Gasteiger partial charge in [0.15, 0.2) is 11.5 Å². The number of halogens is 3. The Morgan fingerprint density at radius 3 is 2.59 bits per heavy atom. The summed E-state index contributed by atoms with van der Waals surface area (Å²) < 4.78 is 44.9. The number of benzene rings is 1. The van der Waals surface area contributed by atoms with Gasteiger partial charge in [0.25, 0.3) is 0 Å². The molecule has 8 nitrogen and oxygen atoms in total. The second kappa shape index (κ2) is 9.94. The largest absolute Gasteiger partial charge is 0.490 e. The van der Waals surface area contributed by atoms with E-state index in [1.54, 1.807) is 7.05 Å². The number of hydrogen-bond donors (Lipinski definition) is 2. The van der Waals surface area contributed by atoms with Crippen LogP contribution in [0.2, 0.25) is 0 Å². The molecule has 11 heteroatoms. The van der Waals surface area contributed by atoms with Crippen molar-refractivity contribution < 1.29 is 37.3 Å². The molecule has 1 aromatic carbocycles. The molecule has 32 heavy (non-hydrogen) atoms. The number of carboxylic acids is 1. The summed E-state index contributed by atoms with van der Waals surface area (Å²) in [5, 5.41) is 9.87. The van der Waals surface area contributed by atoms with E-state index in [-0.39, 0.29) is 5.91 Å². The number of ether oxygens (including phenoxy) is 2. The first-order valence-electron chi connectivity index (χ1n) is 9.91. The van der Waals surface area contributed by atoms with Gasteiger partial charge < -0.3 is 24.5 Å². The van der Waals surface area contributed by atoms with Crippen LogP contribution in [-0.4, -0.2) is 53.0 Å². The zero-order valence-corrected chi connectivity index (χ0v) is 17.4. The Labute approximate surface area is 182 Å². The fourth-order valence-electron chi connectivity index (χ4n) is 3.68. The average molecular weight is 455 g/mol. The maximum Gasteiger partial charge on any atom is 0.490 e. The summed E-state index contributed by atoms with van der Waals surface area (Å²) in [6.45, 7) is 3.78. The minimum atomic E-state index is -5.08. The first-order valence-corrected chi connectivity index (χ1v) is 9.91. The Balaban J connectivity index is 0.000000360. The molecule has 2 aromatic rings. The Morgan fingerprint density at radius 1 is 1.19 bits per heavy atom. The maximum absolute atomic E-state index is 11.9. The molecule has 0 bridgehead atoms. The Bertz CT molecular complexity index is 960. The molecular weight excluding hydrogens is 431 g/mol. The lowest BCUT2D eigenvalue weighted by molar-refractivity contribution is -0.192. The number of aliphatic carboxylic acids is 1. The first kappa shape index (κ1) is 23.5. The van der Waals surface area contributed by atoms with Crippen molar-refractivity contribution in [2.24, 2.45) is 5.92 Å². The molecule has 0 aliphatic carbocycles. The van der Waals surface area contributed by atoms with Crippen molar-refractivity contribution in [2.45, 2.75) is 32.2 Å². The third kappa shape index (κ3) is 6.16. The van der Waals surface area contributed by atoms with Gasteiger partial charge in [-0.15, -0.1) is 0 Å². The molecule has 3 heterocycles. The molecule has 0 saturated carbocycles. The van der Waals surface area contributed by atoms with Gasteiger partial charge in [-0.05, 0) is 35.7 Å². The fraction of sp³-hybridized carbons (Fsp3) is 0.429. The van der Waals surface area contributed by atoms with Crippen molar-refractivity contribution in [3.05, 3.63) is 47.8 Å². The van der Waals surface area contributed by atoms with Crippen LogP contribution in [0.4, 0.5) is 13.2 Å². The molecule has 1 unspecified atom stereocenters. The molecule has 0 fully saturated rings. The molecule has 0 spiro atoms. The lowest BCUT2D eigenvalue weighted by Crippen LogP contribution is -2.31. The van der Waals surface area contributed by atoms with Crippen LogP contribution >= 0.6 is 0 Å². The summed E-state index contributed by atoms with van der Waals surface area (Å²) in [7, 11) is 1.70. The second-order valence-electron chi connectivity index (χ2n) is 7.56. The minimum absolute atomic E-state index is 0.101. The average Bonchev–Trinajstić information content (AvgIpc) is 3.33. The van der Waals surface area contributed by atoms with Gasteiger partial charge in [0.2, 0.25) is 12.7 Å². The number of hydrogen-bond acceptors (Lipinski definition) is 5. The van der Waals surface area contributed by atoms with E-state index < -0.39 is 12.1 Å². The molecular formula is C21H24F3N3O5. The van der Waals surface area contributed by atoms with Crippen LogP contribution in [0.1, 0.15) is 17.7 Å². The molecule has 0 saturated heterocycles. The van der Waals surface area contributed by atoms with E-state index in [2.05, 4.69) is 45.2 Å². The van der Waals surface area contributed by atoms with E-state index in [9.17, 15) is 18.0 Å². The Morgan fingerprint density at radius 2 is 1.91 bits per heavy atom. The molecule has 0 radical (unpaired) electrons. The number of alkyl halides is 3. The highest BCUT2D eigenvalue weighted by molar-refractivity contribution is 5.75. The smallest absolute Gasteiger partial charge is 0.475 e. The lowest BCUT2D eigenvalue weighted by atomic mass is 10.0. The summed E-state index contributed by atoms with van der Waals surface area (Å²) in [5.41, 5.74) is 2.49. The van der Waals surface area contributed by atoms with Crippen molar-refractivity contribution in [1.82, 2.24) is 14.8 Å². The summed E-state index contributed by atoms with van der Waals surface area (Å²) in [6.07, 6.45) is -2.43. The van der Waals surface area contributed by atoms with Crippen LogP contribution in [0.3, 0.4) is 0 Å². The molecule has 2 aliphatic heterocycles. The van der Waals surface area contributed by atoms with Crippen LogP contribution in [0, 0.1) is 5.92 Å². The number of carboxylic acid groups (broad SMARTS) is 1. The van der Waals surface area contributed by atoms with E-state index in [0.717, 1.165) is 37.7 Å². The predicted molar refractivity (Wildman–Crippen MR) is 107 cm³/mol. The highest BCUT2D eigenvalue weighted by Gasteiger charge is 2.38. The van der Waals surface area contributed by atoms with Crippen molar-refractivity contribution in [1.29, 1.82) is 0 Å². The number of aromatic nitrogens is 1. The molecule has 1 atom stereocenters. The van der Waals surface area contributed by atoms with E-state index >= 15 is 0 Å². The van der Waals surface area contributed by atoms with E-state index in [1.807, 2.05) is 6.07 Å². The molecule has 2 N–H and O–H groups in total. The zero-order valence-electron chi connectivity index (χ0n) is 17.4. The first-order chi connectivity index (χ1) is 15.2. The SMILES string of the molecule is CNC(=O)CC1CN(Cc2ccc3c(c2)OCO3)Cc2cccn2C1.O=C(O)C(F)(F)F. The summed E-state index contributed by atoms with van der Waals surface area (Å²) in [6, 6.07) is 10.4. The number of rotatable bonds is 4. The third-order valence-electron chi connectivity index (χ3n) is 5.12. The number of amides is 1. The normalized spacial score (nSPS) is 17.6. The quantitative estimate of drug-likeness (QED) is 0.737. The van der Waals surface area contributed by atoms with Gasteiger partial charge in [-0.25, -0.2) is 4.79 Å². The van der Waals surface area contributed by atoms with Crippen molar-refractivity contribution in [3.8, 4) is 11.5 Å². The van der Waals surface area contributed by atoms with Crippen LogP contribution in [0.15, 0.2) is 36.5 Å². The third-order valence-corrected chi connectivity index (χ3v) is 5.12. The van der Waals surface area contributed by atoms with Crippen molar-refractivity contribution in [2.75, 3.05) is 20.4 Å². The molecule has 4 rings (SSSR count). The van der Waals surface area contributed by atoms with E-state index in [1.165, 1.54) is 11.3 Å². The summed E-state index contributed by atoms with van der Waals surface area (Å²) in [4.78, 5) is 23.2. The lowest BCUT2D eigenvalue weighted by Gasteiger charge is -2.23. The predicted octanol–water partition coefficient (Wildman–Crippen LogP) is 2.62. The highest BCUT2D eigenvalue weighted by Crippen LogP contribution is 2.33. The van der Waals surface area contributed by atoms with Gasteiger partial charge in [0.1, 0.15) is 0 Å². The number of nitrogens with one attached hydrogen (secondary N) is 1. The second-order valence-corrected chi connectivity index (χ2v) is 7.56. The summed E-state index contributed by atoms with van der Waals surface area (Å²) in [5.74, 6) is -0.734. The maximum atomic E-state index is 11.9. The molecule has 2 aliphatic rings. The van der Waals surface area contributed by atoms with Crippen LogP contribution in [0.5, 0.6) is 11.5 Å². The zero-order chi connectivity index (χ0) is 23.3.